The van der Waals surface area contributed by atoms with Crippen molar-refractivity contribution in [1.82, 2.24) is 0 Å². The molecule has 0 aliphatic heterocycles. The van der Waals surface area contributed by atoms with Gasteiger partial charge in [0.15, 0.2) is 0 Å². The van der Waals surface area contributed by atoms with Crippen LogP contribution < -0.4 is 5.73 Å². The first kappa shape index (κ1) is 9.69. The molecule has 1 aliphatic carbocycles. The summed E-state index contributed by atoms with van der Waals surface area (Å²) in [5.41, 5.74) is 9.68. The van der Waals surface area contributed by atoms with Gasteiger partial charge in [0.2, 0.25) is 0 Å². The average Bonchev–Trinajstić information content (AvgIpc) is 2.07. The third-order valence-corrected chi connectivity index (χ3v) is 3.34. The summed E-state index contributed by atoms with van der Waals surface area (Å²) in [5, 5.41) is 9.33. The van der Waals surface area contributed by atoms with Gasteiger partial charge in [0, 0.05) is 5.54 Å². The average molecular weight is 191 g/mol. The molecule has 14 heavy (non-hydrogen) atoms. The van der Waals surface area contributed by atoms with Crippen LogP contribution in [0, 0.1) is 13.8 Å². The standard InChI is InChI=1S/C12H17NO/c1-8-4-3-5-11(9(8)2)12(13)6-10(14)7-12/h3-5,10,14H,6-7,13H2,1-2H3. The van der Waals surface area contributed by atoms with Crippen LogP contribution in [0.15, 0.2) is 18.2 Å². The van der Waals surface area contributed by atoms with E-state index in [4.69, 9.17) is 5.73 Å². The smallest absolute Gasteiger partial charge is 0.0582 e. The van der Waals surface area contributed by atoms with Crippen LogP contribution in [0.2, 0.25) is 0 Å². The van der Waals surface area contributed by atoms with E-state index in [1.807, 2.05) is 6.07 Å². The Kier molecular flexibility index (Phi) is 2.13. The Morgan fingerprint density at radius 3 is 2.57 bits per heavy atom. The van der Waals surface area contributed by atoms with Gasteiger partial charge in [-0.1, -0.05) is 18.2 Å². The highest BCUT2D eigenvalue weighted by Crippen LogP contribution is 2.40. The zero-order valence-electron chi connectivity index (χ0n) is 8.75. The molecule has 76 valence electrons. The maximum absolute atomic E-state index is 9.33. The number of hydrogen-bond donors (Lipinski definition) is 2. The molecule has 0 amide bonds. The van der Waals surface area contributed by atoms with Gasteiger partial charge in [0.05, 0.1) is 6.10 Å². The zero-order valence-corrected chi connectivity index (χ0v) is 8.75. The molecule has 2 rings (SSSR count). The van der Waals surface area contributed by atoms with Crippen LogP contribution in [0.4, 0.5) is 0 Å². The molecule has 1 aromatic carbocycles. The third-order valence-electron chi connectivity index (χ3n) is 3.34. The summed E-state index contributed by atoms with van der Waals surface area (Å²) in [6, 6.07) is 6.21. The van der Waals surface area contributed by atoms with Gasteiger partial charge < -0.3 is 10.8 Å². The predicted octanol–water partition coefficient (Wildman–Crippen LogP) is 1.61. The Morgan fingerprint density at radius 1 is 1.36 bits per heavy atom. The number of rotatable bonds is 1. The molecular weight excluding hydrogens is 174 g/mol. The van der Waals surface area contributed by atoms with Crippen molar-refractivity contribution >= 4 is 0 Å². The van der Waals surface area contributed by atoms with Gasteiger partial charge in [-0.15, -0.1) is 0 Å². The van der Waals surface area contributed by atoms with Gasteiger partial charge in [-0.05, 0) is 43.4 Å². The van der Waals surface area contributed by atoms with Crippen LogP contribution in [-0.4, -0.2) is 11.2 Å². The van der Waals surface area contributed by atoms with Gasteiger partial charge in [-0.2, -0.15) is 0 Å². The lowest BCUT2D eigenvalue weighted by Crippen LogP contribution is -2.52. The van der Waals surface area contributed by atoms with Crippen molar-refractivity contribution in [3.05, 3.63) is 34.9 Å². The van der Waals surface area contributed by atoms with Crippen LogP contribution in [0.3, 0.4) is 0 Å². The van der Waals surface area contributed by atoms with Crippen molar-refractivity contribution < 1.29 is 5.11 Å². The molecule has 0 saturated heterocycles. The summed E-state index contributed by atoms with van der Waals surface area (Å²) in [6.07, 6.45) is 1.18. The third kappa shape index (κ3) is 1.35. The van der Waals surface area contributed by atoms with E-state index < -0.39 is 0 Å². The van der Waals surface area contributed by atoms with Crippen molar-refractivity contribution in [2.24, 2.45) is 5.73 Å². The van der Waals surface area contributed by atoms with Crippen LogP contribution in [0.1, 0.15) is 29.5 Å². The summed E-state index contributed by atoms with van der Waals surface area (Å²) in [6.45, 7) is 4.20. The molecule has 0 bridgehead atoms. The minimum atomic E-state index is -0.282. The molecule has 0 aromatic heterocycles. The van der Waals surface area contributed by atoms with Gasteiger partial charge in [0.25, 0.3) is 0 Å². The Morgan fingerprint density at radius 2 is 2.00 bits per heavy atom. The van der Waals surface area contributed by atoms with E-state index in [0.29, 0.717) is 12.8 Å². The maximum atomic E-state index is 9.33. The minimum Gasteiger partial charge on any atom is -0.393 e. The molecule has 0 spiro atoms. The van der Waals surface area contributed by atoms with Crippen LogP contribution >= 0.6 is 0 Å². The lowest BCUT2D eigenvalue weighted by atomic mass is 9.69. The number of benzene rings is 1. The number of nitrogens with two attached hydrogens (primary N) is 1. The summed E-state index contributed by atoms with van der Waals surface area (Å²) >= 11 is 0. The van der Waals surface area contributed by atoms with Crippen LogP contribution in [0.5, 0.6) is 0 Å². The second-order valence-corrected chi connectivity index (χ2v) is 4.47. The van der Waals surface area contributed by atoms with E-state index in [-0.39, 0.29) is 11.6 Å². The molecule has 0 unspecified atom stereocenters. The molecule has 0 atom stereocenters. The normalized spacial score (nSPS) is 31.3. The number of aliphatic hydroxyl groups excluding tert-OH is 1. The van der Waals surface area contributed by atoms with Crippen molar-refractivity contribution in [3.63, 3.8) is 0 Å². The number of aliphatic hydroxyl groups is 1. The molecule has 0 heterocycles. The fraction of sp³-hybridized carbons (Fsp3) is 0.500. The van der Waals surface area contributed by atoms with Crippen molar-refractivity contribution in [2.75, 3.05) is 0 Å². The lowest BCUT2D eigenvalue weighted by Gasteiger charge is -2.43. The molecular formula is C12H17NO. The minimum absolute atomic E-state index is 0.208. The monoisotopic (exact) mass is 191 g/mol. The molecule has 1 fully saturated rings. The summed E-state index contributed by atoms with van der Waals surface area (Å²) < 4.78 is 0. The molecule has 1 aliphatic rings. The molecule has 0 radical (unpaired) electrons. The SMILES string of the molecule is Cc1cccc(C2(N)CC(O)C2)c1C. The maximum Gasteiger partial charge on any atom is 0.0582 e. The predicted molar refractivity (Wildman–Crippen MR) is 57.0 cm³/mol. The summed E-state index contributed by atoms with van der Waals surface area (Å²) in [4.78, 5) is 0. The van der Waals surface area contributed by atoms with Crippen LogP contribution in [-0.2, 0) is 5.54 Å². The quantitative estimate of drug-likeness (QED) is 0.708. The fourth-order valence-electron chi connectivity index (χ4n) is 2.29. The van der Waals surface area contributed by atoms with Gasteiger partial charge >= 0.3 is 0 Å². The first-order chi connectivity index (χ1) is 6.53. The highest BCUT2D eigenvalue weighted by molar-refractivity contribution is 5.39. The van der Waals surface area contributed by atoms with Gasteiger partial charge in [-0.3, -0.25) is 0 Å². The molecule has 3 N–H and O–H groups in total. The fourth-order valence-corrected chi connectivity index (χ4v) is 2.29. The molecule has 1 aromatic rings. The van der Waals surface area contributed by atoms with Crippen LogP contribution in [0.25, 0.3) is 0 Å². The topological polar surface area (TPSA) is 46.2 Å². The van der Waals surface area contributed by atoms with Crippen molar-refractivity contribution in [1.29, 1.82) is 0 Å². The highest BCUT2D eigenvalue weighted by Gasteiger charge is 2.42. The van der Waals surface area contributed by atoms with Crippen molar-refractivity contribution in [2.45, 2.75) is 38.3 Å². The Bertz CT molecular complexity index is 353. The van der Waals surface area contributed by atoms with E-state index in [9.17, 15) is 5.11 Å². The first-order valence-electron chi connectivity index (χ1n) is 5.06. The van der Waals surface area contributed by atoms with E-state index >= 15 is 0 Å². The highest BCUT2D eigenvalue weighted by atomic mass is 16.3. The molecule has 2 heteroatoms. The van der Waals surface area contributed by atoms with E-state index in [0.717, 1.165) is 0 Å². The Balaban J connectivity index is 2.37. The van der Waals surface area contributed by atoms with Gasteiger partial charge in [-0.25, -0.2) is 0 Å². The van der Waals surface area contributed by atoms with E-state index in [1.54, 1.807) is 0 Å². The zero-order chi connectivity index (χ0) is 10.3. The number of aryl methyl sites for hydroxylation is 1. The molecule has 2 nitrogen and oxygen atoms in total. The van der Waals surface area contributed by atoms with E-state index in [2.05, 4.69) is 26.0 Å². The van der Waals surface area contributed by atoms with Crippen molar-refractivity contribution in [3.8, 4) is 0 Å². The van der Waals surface area contributed by atoms with Gasteiger partial charge in [0.1, 0.15) is 0 Å². The van der Waals surface area contributed by atoms with E-state index in [1.165, 1.54) is 16.7 Å². The number of hydrogen-bond acceptors (Lipinski definition) is 2. The first-order valence-corrected chi connectivity index (χ1v) is 5.06. The second kappa shape index (κ2) is 3.07. The lowest BCUT2D eigenvalue weighted by molar-refractivity contribution is 0.0206. The largest absolute Gasteiger partial charge is 0.393 e. The Hall–Kier alpha value is -0.860. The molecule has 1 saturated carbocycles. The summed E-state index contributed by atoms with van der Waals surface area (Å²) in [5.74, 6) is 0. The summed E-state index contributed by atoms with van der Waals surface area (Å²) in [7, 11) is 0. The Labute approximate surface area is 84.7 Å². The second-order valence-electron chi connectivity index (χ2n) is 4.47.